The minimum atomic E-state index is 0.287. The molecular formula is C14H21NO. The van der Waals surface area contributed by atoms with Crippen LogP contribution in [0.1, 0.15) is 31.7 Å². The molecule has 2 rings (SSSR count). The van der Waals surface area contributed by atoms with E-state index in [0.29, 0.717) is 5.75 Å². The van der Waals surface area contributed by atoms with Gasteiger partial charge < -0.3 is 10.0 Å². The molecule has 0 bridgehead atoms. The van der Waals surface area contributed by atoms with E-state index in [2.05, 4.69) is 18.9 Å². The normalized spacial score (nSPS) is 26.9. The van der Waals surface area contributed by atoms with E-state index in [1.807, 2.05) is 12.1 Å². The zero-order valence-electron chi connectivity index (χ0n) is 10.2. The summed E-state index contributed by atoms with van der Waals surface area (Å²) in [4.78, 5) is 2.48. The summed E-state index contributed by atoms with van der Waals surface area (Å²) in [5, 5.41) is 9.27. The van der Waals surface area contributed by atoms with Crippen molar-refractivity contribution in [2.24, 2.45) is 0 Å². The average Bonchev–Trinajstić information content (AvgIpc) is 2.26. The molecule has 0 spiro atoms. The number of piperidine rings is 1. The highest BCUT2D eigenvalue weighted by Crippen LogP contribution is 2.30. The number of phenols is 1. The molecule has 1 aromatic rings. The predicted octanol–water partition coefficient (Wildman–Crippen LogP) is 2.81. The van der Waals surface area contributed by atoms with Crippen LogP contribution in [-0.2, 0) is 6.42 Å². The molecule has 1 saturated heterocycles. The highest BCUT2D eigenvalue weighted by atomic mass is 16.3. The maximum absolute atomic E-state index is 9.27. The van der Waals surface area contributed by atoms with E-state index in [1.54, 1.807) is 12.1 Å². The monoisotopic (exact) mass is 219 g/mol. The van der Waals surface area contributed by atoms with Gasteiger partial charge >= 0.3 is 0 Å². The fourth-order valence-electron chi connectivity index (χ4n) is 2.59. The van der Waals surface area contributed by atoms with Crippen LogP contribution < -0.4 is 0 Å². The Kier molecular flexibility index (Phi) is 3.20. The van der Waals surface area contributed by atoms with E-state index < -0.39 is 0 Å². The van der Waals surface area contributed by atoms with Crippen LogP contribution in [0.15, 0.2) is 24.3 Å². The summed E-state index contributed by atoms with van der Waals surface area (Å²) in [5.74, 6) is 0.353. The fraction of sp³-hybridized carbons (Fsp3) is 0.571. The van der Waals surface area contributed by atoms with Gasteiger partial charge in [0, 0.05) is 5.54 Å². The molecule has 1 aliphatic rings. The molecule has 0 aliphatic carbocycles. The van der Waals surface area contributed by atoms with Gasteiger partial charge in [0.1, 0.15) is 5.75 Å². The van der Waals surface area contributed by atoms with Crippen LogP contribution in [0.2, 0.25) is 0 Å². The molecule has 16 heavy (non-hydrogen) atoms. The Bertz CT molecular complexity index is 346. The van der Waals surface area contributed by atoms with Crippen molar-refractivity contribution in [2.75, 3.05) is 13.6 Å². The zero-order chi connectivity index (χ0) is 11.6. The van der Waals surface area contributed by atoms with Gasteiger partial charge in [-0.3, -0.25) is 0 Å². The topological polar surface area (TPSA) is 23.5 Å². The van der Waals surface area contributed by atoms with Gasteiger partial charge in [0.2, 0.25) is 0 Å². The van der Waals surface area contributed by atoms with Gasteiger partial charge in [0.25, 0.3) is 0 Å². The minimum absolute atomic E-state index is 0.287. The molecule has 1 heterocycles. The number of benzene rings is 1. The van der Waals surface area contributed by atoms with Gasteiger partial charge in [-0.2, -0.15) is 0 Å². The molecule has 0 amide bonds. The first-order valence-electron chi connectivity index (χ1n) is 6.09. The lowest BCUT2D eigenvalue weighted by atomic mass is 9.83. The highest BCUT2D eigenvalue weighted by molar-refractivity contribution is 5.27. The van der Waals surface area contributed by atoms with Crippen molar-refractivity contribution in [3.05, 3.63) is 29.8 Å². The summed E-state index contributed by atoms with van der Waals surface area (Å²) in [6.07, 6.45) is 4.99. The van der Waals surface area contributed by atoms with Gasteiger partial charge in [0.05, 0.1) is 0 Å². The SMILES string of the molecule is CN1CCCC[C@]1(C)Cc1ccc(O)cc1. The van der Waals surface area contributed by atoms with E-state index in [4.69, 9.17) is 0 Å². The Morgan fingerprint density at radius 3 is 2.56 bits per heavy atom. The van der Waals surface area contributed by atoms with Crippen molar-refractivity contribution in [3.63, 3.8) is 0 Å². The first-order chi connectivity index (χ1) is 7.60. The lowest BCUT2D eigenvalue weighted by Crippen LogP contribution is -2.48. The van der Waals surface area contributed by atoms with Gasteiger partial charge in [-0.25, -0.2) is 0 Å². The number of nitrogens with zero attached hydrogens (tertiary/aromatic N) is 1. The van der Waals surface area contributed by atoms with Crippen LogP contribution >= 0.6 is 0 Å². The maximum Gasteiger partial charge on any atom is 0.115 e. The Morgan fingerprint density at radius 2 is 1.94 bits per heavy atom. The van der Waals surface area contributed by atoms with Crippen LogP contribution in [0.25, 0.3) is 0 Å². The third-order valence-corrected chi connectivity index (χ3v) is 3.90. The summed E-state index contributed by atoms with van der Waals surface area (Å²) in [6.45, 7) is 3.55. The molecule has 0 aromatic heterocycles. The van der Waals surface area contributed by atoms with Crippen molar-refractivity contribution in [1.29, 1.82) is 0 Å². The van der Waals surface area contributed by atoms with Crippen LogP contribution in [-0.4, -0.2) is 29.1 Å². The molecule has 0 saturated carbocycles. The van der Waals surface area contributed by atoms with Crippen molar-refractivity contribution in [1.82, 2.24) is 4.90 Å². The third-order valence-electron chi connectivity index (χ3n) is 3.90. The van der Waals surface area contributed by atoms with Crippen molar-refractivity contribution >= 4 is 0 Å². The zero-order valence-corrected chi connectivity index (χ0v) is 10.2. The number of hydrogen-bond donors (Lipinski definition) is 1. The predicted molar refractivity (Wildman–Crippen MR) is 66.7 cm³/mol. The molecule has 1 aromatic carbocycles. The number of likely N-dealkylation sites (tertiary alicyclic amines) is 1. The van der Waals surface area contributed by atoms with E-state index >= 15 is 0 Å². The lowest BCUT2D eigenvalue weighted by Gasteiger charge is -2.43. The second-order valence-corrected chi connectivity index (χ2v) is 5.22. The largest absolute Gasteiger partial charge is 0.508 e. The molecular weight excluding hydrogens is 198 g/mol. The third kappa shape index (κ3) is 2.38. The van der Waals surface area contributed by atoms with Crippen LogP contribution in [0.3, 0.4) is 0 Å². The van der Waals surface area contributed by atoms with Gasteiger partial charge in [-0.15, -0.1) is 0 Å². The molecule has 0 radical (unpaired) electrons. The number of rotatable bonds is 2. The molecule has 2 nitrogen and oxygen atoms in total. The second kappa shape index (κ2) is 4.46. The fourth-order valence-corrected chi connectivity index (χ4v) is 2.59. The Morgan fingerprint density at radius 1 is 1.25 bits per heavy atom. The molecule has 2 heteroatoms. The number of hydrogen-bond acceptors (Lipinski definition) is 2. The number of aromatic hydroxyl groups is 1. The van der Waals surface area contributed by atoms with Gasteiger partial charge in [-0.1, -0.05) is 18.6 Å². The first-order valence-corrected chi connectivity index (χ1v) is 6.09. The molecule has 1 atom stereocenters. The smallest absolute Gasteiger partial charge is 0.115 e. The standard InChI is InChI=1S/C14H21NO/c1-14(9-3-4-10-15(14)2)11-12-5-7-13(16)8-6-12/h5-8,16H,3-4,9-11H2,1-2H3/t14-/m1/s1. The van der Waals surface area contributed by atoms with E-state index in [1.165, 1.54) is 31.4 Å². The molecule has 1 fully saturated rings. The van der Waals surface area contributed by atoms with Gasteiger partial charge in [-0.05, 0) is 57.5 Å². The molecule has 1 N–H and O–H groups in total. The van der Waals surface area contributed by atoms with E-state index in [9.17, 15) is 5.11 Å². The van der Waals surface area contributed by atoms with E-state index in [0.717, 1.165) is 6.42 Å². The van der Waals surface area contributed by atoms with Gasteiger partial charge in [0.15, 0.2) is 0 Å². The number of phenolic OH excluding ortho intramolecular Hbond substituents is 1. The molecule has 88 valence electrons. The molecule has 0 unspecified atom stereocenters. The Balaban J connectivity index is 2.10. The minimum Gasteiger partial charge on any atom is -0.508 e. The van der Waals surface area contributed by atoms with Crippen LogP contribution in [0.4, 0.5) is 0 Å². The highest BCUT2D eigenvalue weighted by Gasteiger charge is 2.31. The first kappa shape index (κ1) is 11.5. The second-order valence-electron chi connectivity index (χ2n) is 5.22. The van der Waals surface area contributed by atoms with Crippen LogP contribution in [0, 0.1) is 0 Å². The van der Waals surface area contributed by atoms with E-state index in [-0.39, 0.29) is 5.54 Å². The van der Waals surface area contributed by atoms with Crippen molar-refractivity contribution < 1.29 is 5.11 Å². The summed E-state index contributed by atoms with van der Waals surface area (Å²) in [5.41, 5.74) is 1.60. The summed E-state index contributed by atoms with van der Waals surface area (Å²) >= 11 is 0. The Hall–Kier alpha value is -1.02. The summed E-state index contributed by atoms with van der Waals surface area (Å²) in [6, 6.07) is 7.62. The van der Waals surface area contributed by atoms with Crippen molar-refractivity contribution in [2.45, 2.75) is 38.1 Å². The summed E-state index contributed by atoms with van der Waals surface area (Å²) < 4.78 is 0. The lowest BCUT2D eigenvalue weighted by molar-refractivity contribution is 0.0902. The maximum atomic E-state index is 9.27. The average molecular weight is 219 g/mol. The molecule has 1 aliphatic heterocycles. The Labute approximate surface area is 97.9 Å². The quantitative estimate of drug-likeness (QED) is 0.826. The van der Waals surface area contributed by atoms with Crippen molar-refractivity contribution in [3.8, 4) is 5.75 Å². The summed E-state index contributed by atoms with van der Waals surface area (Å²) in [7, 11) is 2.22. The van der Waals surface area contributed by atoms with Crippen LogP contribution in [0.5, 0.6) is 5.75 Å². The number of likely N-dealkylation sites (N-methyl/N-ethyl adjacent to an activating group) is 1.